The van der Waals surface area contributed by atoms with Crippen LogP contribution in [0.3, 0.4) is 0 Å². The van der Waals surface area contributed by atoms with Gasteiger partial charge in [-0.3, -0.25) is 10.1 Å². The molecule has 2 rings (SSSR count). The van der Waals surface area contributed by atoms with Crippen molar-refractivity contribution in [3.8, 4) is 0 Å². The summed E-state index contributed by atoms with van der Waals surface area (Å²) in [5.74, 6) is -1.21. The fourth-order valence-electron chi connectivity index (χ4n) is 1.77. The highest BCUT2D eigenvalue weighted by Crippen LogP contribution is 2.24. The van der Waals surface area contributed by atoms with E-state index in [1.165, 1.54) is 0 Å². The van der Waals surface area contributed by atoms with Crippen LogP contribution in [0.2, 0.25) is 0 Å². The van der Waals surface area contributed by atoms with Crippen LogP contribution in [0.1, 0.15) is 21.5 Å². The Hall–Kier alpha value is -2.96. The van der Waals surface area contributed by atoms with Crippen molar-refractivity contribution in [1.29, 1.82) is 0 Å². The van der Waals surface area contributed by atoms with Crippen molar-refractivity contribution >= 4 is 23.2 Å². The first kappa shape index (κ1) is 14.4. The van der Waals surface area contributed by atoms with Gasteiger partial charge in [-0.25, -0.2) is 9.78 Å². The maximum atomic E-state index is 11.2. The number of nitrogens with zero attached hydrogens (tertiary/aromatic N) is 2. The van der Waals surface area contributed by atoms with Crippen molar-refractivity contribution in [1.82, 2.24) is 4.98 Å². The first-order valence-corrected chi connectivity index (χ1v) is 6.10. The quantitative estimate of drug-likeness (QED) is 0.661. The minimum Gasteiger partial charge on any atom is -0.478 e. The van der Waals surface area contributed by atoms with Crippen molar-refractivity contribution in [3.63, 3.8) is 0 Å². The second-order valence-corrected chi connectivity index (χ2v) is 4.58. The summed E-state index contributed by atoms with van der Waals surface area (Å²) >= 11 is 0. The summed E-state index contributed by atoms with van der Waals surface area (Å²) in [6, 6.07) is 6.52. The van der Waals surface area contributed by atoms with E-state index in [0.29, 0.717) is 5.69 Å². The lowest BCUT2D eigenvalue weighted by atomic mass is 10.1. The number of aromatic nitrogens is 1. The molecule has 1 aromatic heterocycles. The fourth-order valence-corrected chi connectivity index (χ4v) is 1.77. The van der Waals surface area contributed by atoms with Crippen LogP contribution in [0.15, 0.2) is 30.5 Å². The Labute approximate surface area is 120 Å². The lowest BCUT2D eigenvalue weighted by molar-refractivity contribution is -0.385. The summed E-state index contributed by atoms with van der Waals surface area (Å²) < 4.78 is 0. The second-order valence-electron chi connectivity index (χ2n) is 4.58. The van der Waals surface area contributed by atoms with Gasteiger partial charge in [-0.2, -0.15) is 0 Å². The molecule has 2 aromatic rings. The zero-order valence-corrected chi connectivity index (χ0v) is 11.5. The van der Waals surface area contributed by atoms with Crippen LogP contribution in [0.4, 0.5) is 17.2 Å². The third-order valence-corrected chi connectivity index (χ3v) is 3.08. The number of aromatic carboxylic acids is 1. The molecule has 2 N–H and O–H groups in total. The molecule has 0 aliphatic carbocycles. The van der Waals surface area contributed by atoms with Crippen LogP contribution in [0.5, 0.6) is 0 Å². The van der Waals surface area contributed by atoms with Gasteiger partial charge in [-0.15, -0.1) is 0 Å². The van der Waals surface area contributed by atoms with Crippen molar-refractivity contribution in [2.45, 2.75) is 13.8 Å². The minimum absolute atomic E-state index is 0.0661. The molecular weight excluding hydrogens is 274 g/mol. The number of carbonyl (C=O) groups is 1. The van der Waals surface area contributed by atoms with Crippen molar-refractivity contribution in [3.05, 3.63) is 57.3 Å². The lowest BCUT2D eigenvalue weighted by Crippen LogP contribution is -2.06. The molecule has 7 nitrogen and oxygen atoms in total. The maximum Gasteiger partial charge on any atom is 0.339 e. The van der Waals surface area contributed by atoms with Crippen molar-refractivity contribution in [2.75, 3.05) is 5.32 Å². The molecule has 0 aliphatic rings. The molecule has 108 valence electrons. The summed E-state index contributed by atoms with van der Waals surface area (Å²) in [5, 5.41) is 22.7. The van der Waals surface area contributed by atoms with Crippen LogP contribution < -0.4 is 5.32 Å². The topological polar surface area (TPSA) is 105 Å². The first-order valence-electron chi connectivity index (χ1n) is 6.10. The monoisotopic (exact) mass is 287 g/mol. The van der Waals surface area contributed by atoms with Crippen LogP contribution in [0, 0.1) is 24.0 Å². The van der Waals surface area contributed by atoms with Gasteiger partial charge in [0, 0.05) is 11.8 Å². The Morgan fingerprint density at radius 2 is 2.00 bits per heavy atom. The van der Waals surface area contributed by atoms with Gasteiger partial charge in [0.2, 0.25) is 0 Å². The molecule has 0 spiro atoms. The van der Waals surface area contributed by atoms with E-state index in [2.05, 4.69) is 10.3 Å². The Bertz CT molecular complexity index is 728. The van der Waals surface area contributed by atoms with E-state index in [1.807, 2.05) is 26.0 Å². The average Bonchev–Trinajstić information content (AvgIpc) is 2.43. The fraction of sp³-hybridized carbons (Fsp3) is 0.143. The zero-order valence-electron chi connectivity index (χ0n) is 11.5. The first-order chi connectivity index (χ1) is 9.88. The molecule has 1 aromatic carbocycles. The number of hydrogen-bond acceptors (Lipinski definition) is 5. The van der Waals surface area contributed by atoms with Gasteiger partial charge in [0.05, 0.1) is 4.92 Å². The SMILES string of the molecule is Cc1ccc(Nc2ncc([N+](=O)[O-])cc2C(=O)O)cc1C. The molecule has 0 radical (unpaired) electrons. The zero-order chi connectivity index (χ0) is 15.6. The van der Waals surface area contributed by atoms with E-state index in [4.69, 9.17) is 5.11 Å². The Morgan fingerprint density at radius 1 is 1.29 bits per heavy atom. The summed E-state index contributed by atoms with van der Waals surface area (Å²) in [6.45, 7) is 3.90. The molecule has 0 bridgehead atoms. The van der Waals surface area contributed by atoms with Gasteiger partial charge in [0.25, 0.3) is 5.69 Å². The average molecular weight is 287 g/mol. The number of carboxylic acids is 1. The standard InChI is InChI=1S/C14H13N3O4/c1-8-3-4-10(5-9(8)2)16-13-12(14(18)19)6-11(7-15-13)17(20)21/h3-7H,1-2H3,(H,15,16)(H,18,19). The number of nitro groups is 1. The van der Waals surface area contributed by atoms with Crippen molar-refractivity contribution < 1.29 is 14.8 Å². The largest absolute Gasteiger partial charge is 0.478 e. The van der Waals surface area contributed by atoms with Gasteiger partial charge in [-0.1, -0.05) is 6.07 Å². The van der Waals surface area contributed by atoms with E-state index in [9.17, 15) is 14.9 Å². The third-order valence-electron chi connectivity index (χ3n) is 3.08. The van der Waals surface area contributed by atoms with Crippen LogP contribution in [0.25, 0.3) is 0 Å². The Kier molecular flexibility index (Phi) is 3.84. The highest BCUT2D eigenvalue weighted by Gasteiger charge is 2.17. The summed E-state index contributed by atoms with van der Waals surface area (Å²) in [4.78, 5) is 25.0. The highest BCUT2D eigenvalue weighted by molar-refractivity contribution is 5.94. The predicted octanol–water partition coefficient (Wildman–Crippen LogP) is 3.05. The van der Waals surface area contributed by atoms with Gasteiger partial charge >= 0.3 is 5.97 Å². The third kappa shape index (κ3) is 3.14. The predicted molar refractivity (Wildman–Crippen MR) is 77.0 cm³/mol. The molecule has 0 atom stereocenters. The molecule has 7 heteroatoms. The van der Waals surface area contributed by atoms with E-state index >= 15 is 0 Å². The van der Waals surface area contributed by atoms with Gasteiger partial charge in [0.1, 0.15) is 17.6 Å². The number of anilines is 2. The van der Waals surface area contributed by atoms with Gasteiger partial charge < -0.3 is 10.4 Å². The lowest BCUT2D eigenvalue weighted by Gasteiger charge is -2.10. The number of rotatable bonds is 4. The summed E-state index contributed by atoms with van der Waals surface area (Å²) in [7, 11) is 0. The molecule has 0 amide bonds. The summed E-state index contributed by atoms with van der Waals surface area (Å²) in [5.41, 5.74) is 2.21. The number of aryl methyl sites for hydroxylation is 2. The van der Waals surface area contributed by atoms with E-state index in [-0.39, 0.29) is 17.1 Å². The van der Waals surface area contributed by atoms with E-state index in [1.54, 1.807) is 6.07 Å². The minimum atomic E-state index is -1.28. The molecule has 0 saturated heterocycles. The van der Waals surface area contributed by atoms with E-state index in [0.717, 1.165) is 23.4 Å². The number of benzene rings is 1. The Balaban J connectivity index is 2.41. The number of carboxylic acid groups (broad SMARTS) is 1. The van der Waals surface area contributed by atoms with Crippen LogP contribution in [-0.2, 0) is 0 Å². The molecule has 0 aliphatic heterocycles. The molecular formula is C14H13N3O4. The van der Waals surface area contributed by atoms with E-state index < -0.39 is 10.9 Å². The smallest absolute Gasteiger partial charge is 0.339 e. The number of nitrogens with one attached hydrogen (secondary N) is 1. The van der Waals surface area contributed by atoms with Crippen LogP contribution >= 0.6 is 0 Å². The molecule has 1 heterocycles. The normalized spacial score (nSPS) is 10.2. The van der Waals surface area contributed by atoms with Gasteiger partial charge in [0.15, 0.2) is 0 Å². The van der Waals surface area contributed by atoms with Crippen LogP contribution in [-0.4, -0.2) is 21.0 Å². The molecule has 0 saturated carbocycles. The maximum absolute atomic E-state index is 11.2. The molecule has 21 heavy (non-hydrogen) atoms. The van der Waals surface area contributed by atoms with Crippen molar-refractivity contribution in [2.24, 2.45) is 0 Å². The van der Waals surface area contributed by atoms with Gasteiger partial charge in [-0.05, 0) is 37.1 Å². The number of hydrogen-bond donors (Lipinski definition) is 2. The Morgan fingerprint density at radius 3 is 2.57 bits per heavy atom. The molecule has 0 unspecified atom stereocenters. The number of pyridine rings is 1. The molecule has 0 fully saturated rings. The highest BCUT2D eigenvalue weighted by atomic mass is 16.6. The second kappa shape index (κ2) is 5.58. The summed E-state index contributed by atoms with van der Waals surface area (Å²) in [6.07, 6.45) is 1.02.